The Morgan fingerprint density at radius 1 is 1.07 bits per heavy atom. The fourth-order valence-corrected chi connectivity index (χ4v) is 4.43. The lowest BCUT2D eigenvalue weighted by Crippen LogP contribution is -2.45. The number of carbonyl (C=O) groups excluding carboxylic acids is 1. The minimum atomic E-state index is -0.0960. The van der Waals surface area contributed by atoms with E-state index in [1.807, 2.05) is 36.2 Å². The smallest absolute Gasteiger partial charge is 0.283 e. The number of carbonyl (C=O) groups is 1. The van der Waals surface area contributed by atoms with Gasteiger partial charge < -0.3 is 0 Å². The van der Waals surface area contributed by atoms with Crippen molar-refractivity contribution >= 4 is 17.5 Å². The molecule has 1 saturated heterocycles. The van der Waals surface area contributed by atoms with Crippen LogP contribution in [0.2, 0.25) is 5.02 Å². The van der Waals surface area contributed by atoms with E-state index in [-0.39, 0.29) is 5.91 Å². The Morgan fingerprint density at radius 2 is 1.74 bits per heavy atom. The number of halogens is 1. The highest BCUT2D eigenvalue weighted by Crippen LogP contribution is 2.36. The van der Waals surface area contributed by atoms with E-state index in [0.29, 0.717) is 16.8 Å². The zero-order chi connectivity index (χ0) is 18.8. The monoisotopic (exact) mass is 386 g/mol. The van der Waals surface area contributed by atoms with Crippen molar-refractivity contribution in [1.82, 2.24) is 20.2 Å². The average Bonchev–Trinajstić information content (AvgIpc) is 3.31. The van der Waals surface area contributed by atoms with Crippen LogP contribution in [0.3, 0.4) is 0 Å². The minimum Gasteiger partial charge on any atom is -0.283 e. The van der Waals surface area contributed by atoms with E-state index in [0.717, 1.165) is 55.6 Å². The molecule has 1 aliphatic heterocycles. The number of hydrazine groups is 1. The van der Waals surface area contributed by atoms with Crippen LogP contribution >= 0.6 is 11.6 Å². The number of benzene rings is 1. The van der Waals surface area contributed by atoms with Gasteiger partial charge in [0.05, 0.1) is 11.7 Å². The van der Waals surface area contributed by atoms with Gasteiger partial charge in [0.15, 0.2) is 5.69 Å². The second-order valence-corrected chi connectivity index (χ2v) is 8.14. The van der Waals surface area contributed by atoms with E-state index < -0.39 is 0 Å². The van der Waals surface area contributed by atoms with Crippen LogP contribution in [-0.4, -0.2) is 33.8 Å². The molecular weight excluding hydrogens is 360 g/mol. The maximum absolute atomic E-state index is 12.9. The molecule has 0 radical (unpaired) electrons. The molecule has 0 spiro atoms. The normalized spacial score (nSPS) is 18.7. The Balaban J connectivity index is 1.68. The van der Waals surface area contributed by atoms with Gasteiger partial charge in [-0.3, -0.25) is 14.9 Å². The summed E-state index contributed by atoms with van der Waals surface area (Å²) in [5.74, 6) is -0.0960. The molecule has 2 aromatic rings. The largest absolute Gasteiger partial charge is 0.286 e. The van der Waals surface area contributed by atoms with Crippen molar-refractivity contribution < 1.29 is 4.79 Å². The summed E-state index contributed by atoms with van der Waals surface area (Å²) in [5, 5.41) is 7.54. The summed E-state index contributed by atoms with van der Waals surface area (Å²) >= 11 is 6.08. The molecule has 144 valence electrons. The molecule has 1 saturated carbocycles. The Morgan fingerprint density at radius 3 is 2.41 bits per heavy atom. The average molecular weight is 387 g/mol. The lowest BCUT2D eigenvalue weighted by molar-refractivity contribution is 0.0743. The van der Waals surface area contributed by atoms with Crippen molar-refractivity contribution in [2.24, 2.45) is 0 Å². The first-order valence-corrected chi connectivity index (χ1v) is 10.4. The second-order valence-electron chi connectivity index (χ2n) is 7.70. The van der Waals surface area contributed by atoms with Crippen molar-refractivity contribution in [1.29, 1.82) is 0 Å². The van der Waals surface area contributed by atoms with Crippen molar-refractivity contribution in [3.05, 3.63) is 40.5 Å². The molecule has 1 N–H and O–H groups in total. The number of hydrogen-bond acceptors (Lipinski definition) is 3. The fraction of sp³-hybridized carbons (Fsp3) is 0.524. The maximum atomic E-state index is 12.9. The summed E-state index contributed by atoms with van der Waals surface area (Å²) in [4.78, 5) is 12.9. The van der Waals surface area contributed by atoms with Gasteiger partial charge in [0, 0.05) is 29.2 Å². The number of piperidine rings is 1. The first kappa shape index (κ1) is 18.5. The van der Waals surface area contributed by atoms with Gasteiger partial charge in [0.1, 0.15) is 0 Å². The molecule has 6 heteroatoms. The summed E-state index contributed by atoms with van der Waals surface area (Å²) in [7, 11) is 0. The molecule has 0 bridgehead atoms. The van der Waals surface area contributed by atoms with Gasteiger partial charge in [-0.25, -0.2) is 5.01 Å². The molecule has 1 aromatic carbocycles. The first-order valence-electron chi connectivity index (χ1n) is 10.0. The van der Waals surface area contributed by atoms with Gasteiger partial charge >= 0.3 is 0 Å². The van der Waals surface area contributed by atoms with Crippen LogP contribution in [-0.2, 0) is 0 Å². The van der Waals surface area contributed by atoms with Crippen molar-refractivity contribution in [3.8, 4) is 11.3 Å². The molecule has 27 heavy (non-hydrogen) atoms. The van der Waals surface area contributed by atoms with Crippen LogP contribution in [0.25, 0.3) is 11.3 Å². The molecule has 4 rings (SSSR count). The van der Waals surface area contributed by atoms with Crippen molar-refractivity contribution in [3.63, 3.8) is 0 Å². The van der Waals surface area contributed by atoms with Gasteiger partial charge in [-0.2, -0.15) is 5.10 Å². The van der Waals surface area contributed by atoms with E-state index in [4.69, 9.17) is 16.7 Å². The predicted molar refractivity (Wildman–Crippen MR) is 108 cm³/mol. The Labute approximate surface area is 165 Å². The van der Waals surface area contributed by atoms with Crippen LogP contribution in [0.5, 0.6) is 0 Å². The molecule has 5 nitrogen and oxygen atoms in total. The molecule has 1 amide bonds. The summed E-state index contributed by atoms with van der Waals surface area (Å²) in [5.41, 5.74) is 6.65. The van der Waals surface area contributed by atoms with Gasteiger partial charge in [0.2, 0.25) is 0 Å². The molecule has 1 aromatic heterocycles. The van der Waals surface area contributed by atoms with E-state index >= 15 is 0 Å². The molecule has 0 atom stereocenters. The second kappa shape index (κ2) is 8.03. The number of nitrogens with zero attached hydrogens (tertiary/aromatic N) is 3. The summed E-state index contributed by atoms with van der Waals surface area (Å²) in [6.45, 7) is 3.84. The molecule has 1 aliphatic carbocycles. The van der Waals surface area contributed by atoms with Crippen LogP contribution in [0.4, 0.5) is 0 Å². The minimum absolute atomic E-state index is 0.0960. The number of hydrogen-bond donors (Lipinski definition) is 1. The standard InChI is InChI=1S/C21H27ClN4O/c1-15-19(21(27)24-25-13-5-2-6-14-25)23-26(18-7-3-4-8-18)20(15)16-9-11-17(22)12-10-16/h9-12,18H,2-8,13-14H2,1H3,(H,24,27). The SMILES string of the molecule is Cc1c(C(=O)NN2CCCCC2)nn(C2CCCC2)c1-c1ccc(Cl)cc1. The summed E-state index contributed by atoms with van der Waals surface area (Å²) in [6, 6.07) is 8.20. The Kier molecular flexibility index (Phi) is 5.50. The zero-order valence-corrected chi connectivity index (χ0v) is 16.6. The number of rotatable bonds is 4. The van der Waals surface area contributed by atoms with Crippen LogP contribution in [0.1, 0.15) is 67.0 Å². The topological polar surface area (TPSA) is 50.2 Å². The highest BCUT2D eigenvalue weighted by atomic mass is 35.5. The van der Waals surface area contributed by atoms with Crippen molar-refractivity contribution in [2.75, 3.05) is 13.1 Å². The Bertz CT molecular complexity index is 802. The highest BCUT2D eigenvalue weighted by molar-refractivity contribution is 6.30. The van der Waals surface area contributed by atoms with Crippen LogP contribution in [0, 0.1) is 6.92 Å². The van der Waals surface area contributed by atoms with E-state index in [1.54, 1.807) is 0 Å². The third-order valence-electron chi connectivity index (χ3n) is 5.77. The van der Waals surface area contributed by atoms with E-state index in [9.17, 15) is 4.79 Å². The molecule has 2 heterocycles. The van der Waals surface area contributed by atoms with Gasteiger partial charge in [-0.15, -0.1) is 0 Å². The van der Waals surface area contributed by atoms with E-state index in [1.165, 1.54) is 19.3 Å². The van der Waals surface area contributed by atoms with Gasteiger partial charge in [-0.1, -0.05) is 43.0 Å². The third-order valence-corrected chi connectivity index (χ3v) is 6.02. The number of aromatic nitrogens is 2. The van der Waals surface area contributed by atoms with Crippen LogP contribution in [0.15, 0.2) is 24.3 Å². The summed E-state index contributed by atoms with van der Waals surface area (Å²) in [6.07, 6.45) is 8.18. The Hall–Kier alpha value is -1.85. The fourth-order valence-electron chi connectivity index (χ4n) is 4.30. The maximum Gasteiger partial charge on any atom is 0.286 e. The zero-order valence-electron chi connectivity index (χ0n) is 15.9. The molecule has 0 unspecified atom stereocenters. The van der Waals surface area contributed by atoms with E-state index in [2.05, 4.69) is 10.1 Å². The molecule has 2 fully saturated rings. The predicted octanol–water partition coefficient (Wildman–Crippen LogP) is 4.76. The third kappa shape index (κ3) is 3.90. The first-order chi connectivity index (χ1) is 13.1. The lowest BCUT2D eigenvalue weighted by atomic mass is 10.1. The van der Waals surface area contributed by atoms with Crippen molar-refractivity contribution in [2.45, 2.75) is 57.9 Å². The number of nitrogens with one attached hydrogen (secondary N) is 1. The summed E-state index contributed by atoms with van der Waals surface area (Å²) < 4.78 is 2.09. The highest BCUT2D eigenvalue weighted by Gasteiger charge is 2.27. The molecule has 2 aliphatic rings. The van der Waals surface area contributed by atoms with Crippen LogP contribution < -0.4 is 5.43 Å². The number of amides is 1. The van der Waals surface area contributed by atoms with Gasteiger partial charge in [-0.05, 0) is 44.7 Å². The van der Waals surface area contributed by atoms with Gasteiger partial charge in [0.25, 0.3) is 5.91 Å². The quantitative estimate of drug-likeness (QED) is 0.824. The lowest BCUT2D eigenvalue weighted by Gasteiger charge is -2.26. The molecular formula is C21H27ClN4O.